The van der Waals surface area contributed by atoms with Crippen LogP contribution in [0.2, 0.25) is 0 Å². The normalized spacial score (nSPS) is 16.4. The third kappa shape index (κ3) is 5.10. The lowest BCUT2D eigenvalue weighted by molar-refractivity contribution is 0.0188. The van der Waals surface area contributed by atoms with Crippen molar-refractivity contribution < 1.29 is 23.7 Å². The summed E-state index contributed by atoms with van der Waals surface area (Å²) in [6.45, 7) is 3.76. The maximum absolute atomic E-state index is 10.2. The van der Waals surface area contributed by atoms with Gasteiger partial charge in [-0.2, -0.15) is 0 Å². The van der Waals surface area contributed by atoms with Crippen molar-refractivity contribution in [3.63, 3.8) is 0 Å². The van der Waals surface area contributed by atoms with Crippen LogP contribution in [-0.4, -0.2) is 79.1 Å². The predicted octanol–water partition coefficient (Wildman–Crippen LogP) is 1.54. The first kappa shape index (κ1) is 19.0. The summed E-state index contributed by atoms with van der Waals surface area (Å²) in [6.07, 6.45) is -0.467. The average Bonchev–Trinajstić information content (AvgIpc) is 3.16. The largest absolute Gasteiger partial charge is 0.497 e. The van der Waals surface area contributed by atoms with Crippen LogP contribution >= 0.6 is 11.8 Å². The lowest BCUT2D eigenvalue weighted by Crippen LogP contribution is -2.41. The van der Waals surface area contributed by atoms with Crippen molar-refractivity contribution in [3.05, 3.63) is 18.2 Å². The summed E-state index contributed by atoms with van der Waals surface area (Å²) in [5.41, 5.74) is 0.717. The summed E-state index contributed by atoms with van der Waals surface area (Å²) in [7, 11) is 3.17. The Labute approximate surface area is 156 Å². The standard InChI is InChI=1S/C17H23N3O5S/c1-22-14-7-12(8-15(9-14)23-2)16-18-19-17(25-16)26-11-13(21)10-20-3-5-24-6-4-20/h7-9,13,21H,3-6,10-11H2,1-2H3/t13-/m0/s1. The summed E-state index contributed by atoms with van der Waals surface area (Å²) in [5, 5.41) is 18.7. The second kappa shape index (κ2) is 9.22. The average molecular weight is 381 g/mol. The summed E-state index contributed by atoms with van der Waals surface area (Å²) < 4.78 is 21.5. The molecule has 1 fully saturated rings. The van der Waals surface area contributed by atoms with Gasteiger partial charge in [-0.3, -0.25) is 4.90 Å². The second-order valence-corrected chi connectivity index (χ2v) is 6.82. The van der Waals surface area contributed by atoms with Crippen molar-refractivity contribution in [1.29, 1.82) is 0 Å². The maximum atomic E-state index is 10.2. The van der Waals surface area contributed by atoms with Gasteiger partial charge in [-0.05, 0) is 12.1 Å². The predicted molar refractivity (Wildman–Crippen MR) is 96.8 cm³/mol. The van der Waals surface area contributed by atoms with Crippen LogP contribution in [0.15, 0.2) is 27.8 Å². The molecule has 0 spiro atoms. The van der Waals surface area contributed by atoms with E-state index in [4.69, 9.17) is 18.6 Å². The molecule has 1 aliphatic rings. The highest BCUT2D eigenvalue weighted by Gasteiger charge is 2.17. The smallest absolute Gasteiger partial charge is 0.276 e. The van der Waals surface area contributed by atoms with Gasteiger partial charge >= 0.3 is 0 Å². The van der Waals surface area contributed by atoms with Crippen molar-refractivity contribution in [2.45, 2.75) is 11.3 Å². The van der Waals surface area contributed by atoms with Crippen LogP contribution in [0.5, 0.6) is 11.5 Å². The van der Waals surface area contributed by atoms with Crippen molar-refractivity contribution in [2.75, 3.05) is 52.8 Å². The Bertz CT molecular complexity index is 683. The van der Waals surface area contributed by atoms with Crippen LogP contribution in [0.25, 0.3) is 11.5 Å². The number of ether oxygens (including phenoxy) is 3. The highest BCUT2D eigenvalue weighted by molar-refractivity contribution is 7.99. The molecule has 0 amide bonds. The number of aromatic nitrogens is 2. The van der Waals surface area contributed by atoms with Gasteiger partial charge in [-0.25, -0.2) is 0 Å². The first-order valence-electron chi connectivity index (χ1n) is 8.36. The molecule has 0 bridgehead atoms. The molecule has 0 saturated carbocycles. The van der Waals surface area contributed by atoms with Crippen LogP contribution in [0.1, 0.15) is 0 Å². The van der Waals surface area contributed by atoms with Gasteiger partial charge in [0.2, 0.25) is 5.89 Å². The summed E-state index contributed by atoms with van der Waals surface area (Å²) >= 11 is 1.34. The number of aliphatic hydroxyl groups is 1. The summed E-state index contributed by atoms with van der Waals surface area (Å²) in [4.78, 5) is 2.19. The molecule has 26 heavy (non-hydrogen) atoms. The Hall–Kier alpha value is -1.81. The number of thioether (sulfide) groups is 1. The van der Waals surface area contributed by atoms with Crippen LogP contribution < -0.4 is 9.47 Å². The van der Waals surface area contributed by atoms with E-state index in [0.717, 1.165) is 31.9 Å². The van der Waals surface area contributed by atoms with E-state index < -0.39 is 6.10 Å². The Morgan fingerprint density at radius 3 is 2.50 bits per heavy atom. The Morgan fingerprint density at radius 2 is 1.85 bits per heavy atom. The number of hydrogen-bond donors (Lipinski definition) is 1. The number of aliphatic hydroxyl groups excluding tert-OH is 1. The fourth-order valence-corrected chi connectivity index (χ4v) is 3.29. The second-order valence-electron chi connectivity index (χ2n) is 5.85. The van der Waals surface area contributed by atoms with Crippen LogP contribution in [0, 0.1) is 0 Å². The molecule has 1 aromatic carbocycles. The molecule has 3 rings (SSSR count). The molecular formula is C17H23N3O5S. The van der Waals surface area contributed by atoms with Gasteiger partial charge in [0.05, 0.1) is 33.5 Å². The van der Waals surface area contributed by atoms with E-state index in [-0.39, 0.29) is 0 Å². The fourth-order valence-electron chi connectivity index (χ4n) is 2.62. The van der Waals surface area contributed by atoms with Gasteiger partial charge in [0.25, 0.3) is 5.22 Å². The molecule has 8 nitrogen and oxygen atoms in total. The maximum Gasteiger partial charge on any atom is 0.276 e. The number of β-amino-alcohol motifs (C(OH)–C–C–N with tert-alkyl or cyclic N) is 1. The van der Waals surface area contributed by atoms with Gasteiger partial charge in [-0.15, -0.1) is 10.2 Å². The molecule has 0 radical (unpaired) electrons. The number of rotatable bonds is 8. The van der Waals surface area contributed by atoms with Crippen molar-refractivity contribution in [2.24, 2.45) is 0 Å². The molecule has 1 aromatic heterocycles. The molecule has 9 heteroatoms. The number of methoxy groups -OCH3 is 2. The molecule has 1 saturated heterocycles. The molecule has 2 aromatic rings. The quantitative estimate of drug-likeness (QED) is 0.684. The van der Waals surface area contributed by atoms with Crippen molar-refractivity contribution in [3.8, 4) is 23.0 Å². The van der Waals surface area contributed by atoms with Gasteiger partial charge in [0.15, 0.2) is 0 Å². The number of benzene rings is 1. The SMILES string of the molecule is COc1cc(OC)cc(-c2nnc(SC[C@@H](O)CN3CCOCC3)o2)c1. The first-order valence-corrected chi connectivity index (χ1v) is 9.34. The zero-order valence-corrected chi connectivity index (χ0v) is 15.7. The topological polar surface area (TPSA) is 90.1 Å². The van der Waals surface area contributed by atoms with E-state index in [1.807, 2.05) is 0 Å². The molecule has 0 unspecified atom stereocenters. The van der Waals surface area contributed by atoms with E-state index in [0.29, 0.717) is 34.9 Å². The van der Waals surface area contributed by atoms with Crippen LogP contribution in [0.3, 0.4) is 0 Å². The molecule has 0 aliphatic carbocycles. The zero-order valence-electron chi connectivity index (χ0n) is 14.9. The molecular weight excluding hydrogens is 358 g/mol. The van der Waals surface area contributed by atoms with Gasteiger partial charge in [0, 0.05) is 37.0 Å². The summed E-state index contributed by atoms with van der Waals surface area (Å²) in [6, 6.07) is 5.38. The Balaban J connectivity index is 1.57. The molecule has 1 atom stereocenters. The minimum Gasteiger partial charge on any atom is -0.497 e. The lowest BCUT2D eigenvalue weighted by atomic mass is 10.2. The van der Waals surface area contributed by atoms with E-state index >= 15 is 0 Å². The minimum absolute atomic E-state index is 0.382. The van der Waals surface area contributed by atoms with E-state index in [1.165, 1.54) is 11.8 Å². The fraction of sp³-hybridized carbons (Fsp3) is 0.529. The molecule has 1 aliphatic heterocycles. The van der Waals surface area contributed by atoms with Gasteiger partial charge in [0.1, 0.15) is 11.5 Å². The van der Waals surface area contributed by atoms with E-state index in [2.05, 4.69) is 15.1 Å². The highest BCUT2D eigenvalue weighted by Crippen LogP contribution is 2.30. The number of morpholine rings is 1. The third-order valence-corrected chi connectivity index (χ3v) is 4.94. The zero-order chi connectivity index (χ0) is 18.4. The monoisotopic (exact) mass is 381 g/mol. The molecule has 142 valence electrons. The first-order chi connectivity index (χ1) is 12.7. The number of nitrogens with zero attached hydrogens (tertiary/aromatic N) is 3. The van der Waals surface area contributed by atoms with Crippen molar-refractivity contribution >= 4 is 11.8 Å². The van der Waals surface area contributed by atoms with Gasteiger partial charge in [-0.1, -0.05) is 11.8 Å². The van der Waals surface area contributed by atoms with Gasteiger partial charge < -0.3 is 23.7 Å². The third-order valence-electron chi connectivity index (χ3n) is 3.98. The molecule has 1 N–H and O–H groups in total. The highest BCUT2D eigenvalue weighted by atomic mass is 32.2. The lowest BCUT2D eigenvalue weighted by Gasteiger charge is -2.28. The summed E-state index contributed by atoms with van der Waals surface area (Å²) in [5.74, 6) is 2.16. The van der Waals surface area contributed by atoms with E-state index in [1.54, 1.807) is 32.4 Å². The minimum atomic E-state index is -0.467. The van der Waals surface area contributed by atoms with Crippen molar-refractivity contribution in [1.82, 2.24) is 15.1 Å². The van der Waals surface area contributed by atoms with Crippen LogP contribution in [-0.2, 0) is 4.74 Å². The van der Waals surface area contributed by atoms with Crippen LogP contribution in [0.4, 0.5) is 0 Å². The molecule has 2 heterocycles. The Kier molecular flexibility index (Phi) is 6.73. The number of hydrogen-bond acceptors (Lipinski definition) is 9. The Morgan fingerprint density at radius 1 is 1.15 bits per heavy atom. The van der Waals surface area contributed by atoms with E-state index in [9.17, 15) is 5.11 Å².